The summed E-state index contributed by atoms with van der Waals surface area (Å²) in [6.45, 7) is 0.633. The van der Waals surface area contributed by atoms with Gasteiger partial charge in [-0.2, -0.15) is 0 Å². The first-order valence-corrected chi connectivity index (χ1v) is 8.42. The Morgan fingerprint density at radius 1 is 1.32 bits per heavy atom. The molecule has 0 saturated carbocycles. The van der Waals surface area contributed by atoms with Crippen LogP contribution in [0.4, 0.5) is 11.5 Å². The third-order valence-electron chi connectivity index (χ3n) is 4.55. The summed E-state index contributed by atoms with van der Waals surface area (Å²) in [5, 5.41) is 16.0. The zero-order chi connectivity index (χ0) is 17.2. The first-order valence-electron chi connectivity index (χ1n) is 8.42. The van der Waals surface area contributed by atoms with Crippen LogP contribution in [0.25, 0.3) is 5.65 Å². The average molecular weight is 336 g/mol. The maximum atomic E-state index is 9.07. The molecule has 0 amide bonds. The molecule has 1 aliphatic rings. The summed E-state index contributed by atoms with van der Waals surface area (Å²) in [6, 6.07) is 6.12. The Morgan fingerprint density at radius 3 is 3.08 bits per heavy atom. The minimum absolute atomic E-state index is 0.633. The smallest absolute Gasteiger partial charge is 0.157 e. The van der Waals surface area contributed by atoms with Gasteiger partial charge < -0.3 is 16.3 Å². The second-order valence-corrected chi connectivity index (χ2v) is 6.15. The van der Waals surface area contributed by atoms with E-state index in [9.17, 15) is 0 Å². The number of aromatic nitrogens is 3. The van der Waals surface area contributed by atoms with Gasteiger partial charge in [0.25, 0.3) is 0 Å². The highest BCUT2D eigenvalue weighted by molar-refractivity contribution is 6.04. The molecular weight excluding hydrogens is 316 g/mol. The number of nitrogens with zero attached hydrogens (tertiary/aromatic N) is 4. The van der Waals surface area contributed by atoms with Crippen molar-refractivity contribution in [3.8, 4) is 0 Å². The normalized spacial score (nSPS) is 15.0. The summed E-state index contributed by atoms with van der Waals surface area (Å²) in [4.78, 5) is 8.82. The number of nitrogens with one attached hydrogen (secondary N) is 1. The Kier molecular flexibility index (Phi) is 4.07. The van der Waals surface area contributed by atoms with Gasteiger partial charge in [0, 0.05) is 23.6 Å². The Labute approximate surface area is 145 Å². The zero-order valence-corrected chi connectivity index (χ0v) is 13.8. The van der Waals surface area contributed by atoms with Crippen molar-refractivity contribution in [2.24, 2.45) is 10.9 Å². The van der Waals surface area contributed by atoms with Crippen molar-refractivity contribution < 1.29 is 5.21 Å². The Balaban J connectivity index is 1.71. The minimum Gasteiger partial charge on any atom is -0.411 e. The van der Waals surface area contributed by atoms with Crippen LogP contribution in [0.3, 0.4) is 0 Å². The monoisotopic (exact) mass is 336 g/mol. The molecule has 2 heterocycles. The van der Waals surface area contributed by atoms with Crippen LogP contribution in [0.1, 0.15) is 29.7 Å². The standard InChI is InChI=1S/C18H20N6O/c19-7-1-2-16-18(24-9-8-20-11-17(24)22-16)21-13-4-5-14-12(10-13)3-6-15(14)23-25/h4-5,8-11,21,25H,1-3,6-7,19H2/b23-15+. The second-order valence-electron chi connectivity index (χ2n) is 6.15. The van der Waals surface area contributed by atoms with Gasteiger partial charge >= 0.3 is 0 Å². The van der Waals surface area contributed by atoms with E-state index < -0.39 is 0 Å². The molecule has 128 valence electrons. The van der Waals surface area contributed by atoms with Gasteiger partial charge in [0.2, 0.25) is 0 Å². The van der Waals surface area contributed by atoms with Crippen molar-refractivity contribution in [1.29, 1.82) is 0 Å². The lowest BCUT2D eigenvalue weighted by Gasteiger charge is -2.10. The largest absolute Gasteiger partial charge is 0.411 e. The van der Waals surface area contributed by atoms with Crippen LogP contribution in [-0.4, -0.2) is 31.8 Å². The van der Waals surface area contributed by atoms with Gasteiger partial charge in [0.15, 0.2) is 5.65 Å². The molecular formula is C18H20N6O. The van der Waals surface area contributed by atoms with Crippen LogP contribution in [0.15, 0.2) is 41.9 Å². The van der Waals surface area contributed by atoms with E-state index in [4.69, 9.17) is 10.9 Å². The van der Waals surface area contributed by atoms with E-state index in [2.05, 4.69) is 26.5 Å². The molecule has 7 nitrogen and oxygen atoms in total. The number of aryl methyl sites for hydroxylation is 2. The predicted molar refractivity (Wildman–Crippen MR) is 96.7 cm³/mol. The maximum absolute atomic E-state index is 9.07. The molecule has 0 spiro atoms. The van der Waals surface area contributed by atoms with Crippen molar-refractivity contribution in [1.82, 2.24) is 14.4 Å². The summed E-state index contributed by atoms with van der Waals surface area (Å²) in [6.07, 6.45) is 8.77. The van der Waals surface area contributed by atoms with Gasteiger partial charge in [-0.15, -0.1) is 0 Å². The number of anilines is 2. The van der Waals surface area contributed by atoms with Crippen molar-refractivity contribution in [3.05, 3.63) is 53.6 Å². The number of imidazole rings is 1. The van der Waals surface area contributed by atoms with Crippen LogP contribution in [-0.2, 0) is 12.8 Å². The summed E-state index contributed by atoms with van der Waals surface area (Å²) in [5.41, 5.74) is 11.4. The van der Waals surface area contributed by atoms with Crippen LogP contribution in [0.5, 0.6) is 0 Å². The zero-order valence-electron chi connectivity index (χ0n) is 13.8. The van der Waals surface area contributed by atoms with Gasteiger partial charge in [-0.25, -0.2) is 4.98 Å². The van der Waals surface area contributed by atoms with E-state index in [0.717, 1.165) is 59.8 Å². The quantitative estimate of drug-likeness (QED) is 0.491. The number of fused-ring (bicyclic) bond motifs is 2. The minimum atomic E-state index is 0.633. The summed E-state index contributed by atoms with van der Waals surface area (Å²) >= 11 is 0. The molecule has 0 fully saturated rings. The van der Waals surface area contributed by atoms with E-state index in [1.807, 2.05) is 22.7 Å². The van der Waals surface area contributed by atoms with E-state index >= 15 is 0 Å². The van der Waals surface area contributed by atoms with E-state index in [1.54, 1.807) is 12.4 Å². The lowest BCUT2D eigenvalue weighted by atomic mass is 10.1. The number of benzene rings is 1. The SMILES string of the molecule is NCCCc1nc2cnccn2c1Nc1ccc2c(c1)CC/C2=N\O. The molecule has 3 aromatic rings. The van der Waals surface area contributed by atoms with Gasteiger partial charge in [-0.1, -0.05) is 11.2 Å². The Hall–Kier alpha value is -2.93. The van der Waals surface area contributed by atoms with Crippen molar-refractivity contribution in [2.75, 3.05) is 11.9 Å². The second kappa shape index (κ2) is 6.52. The Morgan fingerprint density at radius 2 is 2.24 bits per heavy atom. The lowest BCUT2D eigenvalue weighted by molar-refractivity contribution is 0.318. The van der Waals surface area contributed by atoms with Crippen LogP contribution >= 0.6 is 0 Å². The van der Waals surface area contributed by atoms with Crippen molar-refractivity contribution >= 4 is 22.9 Å². The molecule has 0 radical (unpaired) electrons. The summed E-state index contributed by atoms with van der Waals surface area (Å²) in [5.74, 6) is 0.944. The van der Waals surface area contributed by atoms with Gasteiger partial charge in [0.05, 0.1) is 17.6 Å². The lowest BCUT2D eigenvalue weighted by Crippen LogP contribution is -2.03. The van der Waals surface area contributed by atoms with Crippen LogP contribution in [0.2, 0.25) is 0 Å². The molecule has 2 aromatic heterocycles. The number of hydrogen-bond acceptors (Lipinski definition) is 6. The third-order valence-corrected chi connectivity index (χ3v) is 4.55. The number of hydrogen-bond donors (Lipinski definition) is 3. The number of nitrogens with two attached hydrogens (primary N) is 1. The number of rotatable bonds is 5. The summed E-state index contributed by atoms with van der Waals surface area (Å²) in [7, 11) is 0. The van der Waals surface area contributed by atoms with E-state index in [0.29, 0.717) is 6.54 Å². The fraction of sp³-hybridized carbons (Fsp3) is 0.278. The van der Waals surface area contributed by atoms with Gasteiger partial charge in [-0.3, -0.25) is 9.38 Å². The van der Waals surface area contributed by atoms with E-state index in [1.165, 1.54) is 5.56 Å². The average Bonchev–Trinajstić information content (AvgIpc) is 3.21. The maximum Gasteiger partial charge on any atom is 0.157 e. The topological polar surface area (TPSA) is 101 Å². The fourth-order valence-electron chi connectivity index (χ4n) is 3.32. The molecule has 1 aliphatic carbocycles. The third kappa shape index (κ3) is 2.83. The molecule has 0 bridgehead atoms. The van der Waals surface area contributed by atoms with Gasteiger partial charge in [-0.05, 0) is 49.9 Å². The van der Waals surface area contributed by atoms with Crippen LogP contribution < -0.4 is 11.1 Å². The van der Waals surface area contributed by atoms with Crippen LogP contribution in [0, 0.1) is 0 Å². The molecule has 7 heteroatoms. The molecule has 1 aromatic carbocycles. The highest BCUT2D eigenvalue weighted by Gasteiger charge is 2.19. The molecule has 0 atom stereocenters. The molecule has 0 unspecified atom stereocenters. The summed E-state index contributed by atoms with van der Waals surface area (Å²) < 4.78 is 2.01. The van der Waals surface area contributed by atoms with Crippen molar-refractivity contribution in [3.63, 3.8) is 0 Å². The molecule has 0 saturated heterocycles. The molecule has 0 aliphatic heterocycles. The Bertz CT molecular complexity index is 946. The molecule has 4 N–H and O–H groups in total. The highest BCUT2D eigenvalue weighted by atomic mass is 16.4. The van der Waals surface area contributed by atoms with Gasteiger partial charge in [0.1, 0.15) is 5.82 Å². The van der Waals surface area contributed by atoms with E-state index in [-0.39, 0.29) is 0 Å². The highest BCUT2D eigenvalue weighted by Crippen LogP contribution is 2.29. The number of oxime groups is 1. The predicted octanol–water partition coefficient (Wildman–Crippen LogP) is 2.49. The first-order chi connectivity index (χ1) is 12.3. The van der Waals surface area contributed by atoms with Crippen molar-refractivity contribution in [2.45, 2.75) is 25.7 Å². The molecule has 4 rings (SSSR count). The molecule has 25 heavy (non-hydrogen) atoms. The fourth-order valence-corrected chi connectivity index (χ4v) is 3.32. The first kappa shape index (κ1) is 15.6.